The van der Waals surface area contributed by atoms with Crippen molar-refractivity contribution in [1.82, 2.24) is 4.90 Å². The first kappa shape index (κ1) is 20.3. The summed E-state index contributed by atoms with van der Waals surface area (Å²) in [5.74, 6) is -1.10. The molecule has 0 radical (unpaired) electrons. The lowest BCUT2D eigenvalue weighted by Gasteiger charge is -2.33. The van der Waals surface area contributed by atoms with Gasteiger partial charge >= 0.3 is 0 Å². The molecule has 0 aliphatic carbocycles. The zero-order chi connectivity index (χ0) is 21.1. The molecular weight excluding hydrogens is 390 g/mol. The molecule has 158 valence electrons. The van der Waals surface area contributed by atoms with Crippen LogP contribution in [0.15, 0.2) is 48.5 Å². The molecule has 0 spiro atoms. The maximum Gasteiger partial charge on any atom is 0.228 e. The molecule has 2 aliphatic heterocycles. The summed E-state index contributed by atoms with van der Waals surface area (Å²) < 4.78 is 32.8. The molecule has 0 saturated carbocycles. The summed E-state index contributed by atoms with van der Waals surface area (Å²) >= 11 is 0. The van der Waals surface area contributed by atoms with E-state index in [-0.39, 0.29) is 30.5 Å². The minimum absolute atomic E-state index is 0.0635. The van der Waals surface area contributed by atoms with Crippen molar-refractivity contribution in [2.75, 3.05) is 31.1 Å². The molecule has 30 heavy (non-hydrogen) atoms. The topological polar surface area (TPSA) is 49.9 Å². The average Bonchev–Trinajstić information content (AvgIpc) is 3.14. The molecule has 4 rings (SSSR count). The number of nitrogens with zero attached hydrogens (tertiary/aromatic N) is 2. The van der Waals surface area contributed by atoms with E-state index in [2.05, 4.69) is 0 Å². The van der Waals surface area contributed by atoms with Crippen LogP contribution >= 0.6 is 0 Å². The number of rotatable bonds is 5. The van der Waals surface area contributed by atoms with Crippen molar-refractivity contribution >= 4 is 17.5 Å². The number of carbonyl (C=O) groups excluding carboxylic acids is 2. The summed E-state index contributed by atoms with van der Waals surface area (Å²) in [6.07, 6.45) is 1.75. The van der Waals surface area contributed by atoms with Gasteiger partial charge in [0.05, 0.1) is 12.5 Å². The quantitative estimate of drug-likeness (QED) is 0.751. The number of halogens is 2. The molecular formula is C23H24F2N2O3. The fourth-order valence-electron chi connectivity index (χ4n) is 4.13. The van der Waals surface area contributed by atoms with Crippen LogP contribution in [0.25, 0.3) is 0 Å². The Morgan fingerprint density at radius 2 is 1.70 bits per heavy atom. The highest BCUT2D eigenvalue weighted by atomic mass is 19.1. The van der Waals surface area contributed by atoms with E-state index in [1.165, 1.54) is 4.90 Å². The summed E-state index contributed by atoms with van der Waals surface area (Å²) in [4.78, 5) is 28.4. The highest BCUT2D eigenvalue weighted by molar-refractivity contribution is 6.00. The number of hydrogen-bond acceptors (Lipinski definition) is 3. The SMILES string of the molecule is O=C(C1CC(=O)N(c2cc(F)cc(F)c2)C1)N1CCC(COc2ccccc2)CC1. The third-order valence-corrected chi connectivity index (χ3v) is 5.79. The molecule has 2 amide bonds. The lowest BCUT2D eigenvalue weighted by molar-refractivity contribution is -0.137. The van der Waals surface area contributed by atoms with Crippen LogP contribution in [0.4, 0.5) is 14.5 Å². The van der Waals surface area contributed by atoms with Gasteiger partial charge in [-0.15, -0.1) is 0 Å². The van der Waals surface area contributed by atoms with E-state index in [9.17, 15) is 18.4 Å². The second kappa shape index (κ2) is 8.81. The van der Waals surface area contributed by atoms with Gasteiger partial charge in [-0.3, -0.25) is 9.59 Å². The molecule has 2 aromatic rings. The van der Waals surface area contributed by atoms with Crippen molar-refractivity contribution in [3.8, 4) is 5.75 Å². The molecule has 2 heterocycles. The molecule has 0 N–H and O–H groups in total. The van der Waals surface area contributed by atoms with Crippen molar-refractivity contribution in [2.24, 2.45) is 11.8 Å². The van der Waals surface area contributed by atoms with E-state index >= 15 is 0 Å². The van der Waals surface area contributed by atoms with Gasteiger partial charge in [0, 0.05) is 37.8 Å². The van der Waals surface area contributed by atoms with Crippen molar-refractivity contribution in [1.29, 1.82) is 0 Å². The standard InChI is InChI=1S/C23H24F2N2O3/c24-18-11-19(25)13-20(12-18)27-14-17(10-22(27)28)23(29)26-8-6-16(7-9-26)15-30-21-4-2-1-3-5-21/h1-5,11-13,16-17H,6-10,14-15H2. The molecule has 5 nitrogen and oxygen atoms in total. The van der Waals surface area contributed by atoms with Gasteiger partial charge in [-0.2, -0.15) is 0 Å². The zero-order valence-corrected chi connectivity index (χ0v) is 16.6. The monoisotopic (exact) mass is 414 g/mol. The van der Waals surface area contributed by atoms with Crippen LogP contribution in [0, 0.1) is 23.5 Å². The van der Waals surface area contributed by atoms with Gasteiger partial charge in [0.2, 0.25) is 11.8 Å². The normalized spacial score (nSPS) is 19.9. The van der Waals surface area contributed by atoms with Gasteiger partial charge < -0.3 is 14.5 Å². The predicted octanol–water partition coefficient (Wildman–Crippen LogP) is 3.64. The van der Waals surface area contributed by atoms with E-state index in [0.717, 1.165) is 36.8 Å². The highest BCUT2D eigenvalue weighted by Gasteiger charge is 2.38. The summed E-state index contributed by atoms with van der Waals surface area (Å²) in [5.41, 5.74) is 0.157. The van der Waals surface area contributed by atoms with Crippen molar-refractivity contribution < 1.29 is 23.1 Å². The van der Waals surface area contributed by atoms with E-state index in [1.807, 2.05) is 30.3 Å². The van der Waals surface area contributed by atoms with Crippen molar-refractivity contribution in [3.63, 3.8) is 0 Å². The van der Waals surface area contributed by atoms with Crippen molar-refractivity contribution in [2.45, 2.75) is 19.3 Å². The number of para-hydroxylation sites is 1. The number of carbonyl (C=O) groups is 2. The summed E-state index contributed by atoms with van der Waals surface area (Å²) in [6, 6.07) is 12.6. The maximum absolute atomic E-state index is 13.5. The number of hydrogen-bond donors (Lipinski definition) is 0. The molecule has 1 unspecified atom stereocenters. The molecule has 2 fully saturated rings. The third kappa shape index (κ3) is 4.61. The first-order chi connectivity index (χ1) is 14.5. The fraction of sp³-hybridized carbons (Fsp3) is 0.391. The fourth-order valence-corrected chi connectivity index (χ4v) is 4.13. The Morgan fingerprint density at radius 1 is 1.03 bits per heavy atom. The van der Waals surface area contributed by atoms with Crippen LogP contribution in [-0.2, 0) is 9.59 Å². The van der Waals surface area contributed by atoms with E-state index in [1.54, 1.807) is 4.90 Å². The average molecular weight is 414 g/mol. The number of likely N-dealkylation sites (tertiary alicyclic amines) is 1. The van der Waals surface area contributed by atoms with Crippen LogP contribution in [0.3, 0.4) is 0 Å². The van der Waals surface area contributed by atoms with Crippen molar-refractivity contribution in [3.05, 3.63) is 60.2 Å². The van der Waals surface area contributed by atoms with E-state index in [0.29, 0.717) is 25.6 Å². The highest BCUT2D eigenvalue weighted by Crippen LogP contribution is 2.29. The predicted molar refractivity (Wildman–Crippen MR) is 108 cm³/mol. The smallest absolute Gasteiger partial charge is 0.228 e. The third-order valence-electron chi connectivity index (χ3n) is 5.79. The Labute approximate surface area is 174 Å². The molecule has 0 bridgehead atoms. The Bertz CT molecular complexity index is 894. The summed E-state index contributed by atoms with van der Waals surface area (Å²) in [6.45, 7) is 2.02. The number of ether oxygens (including phenoxy) is 1. The van der Waals surface area contributed by atoms with Crippen LogP contribution in [0.5, 0.6) is 5.75 Å². The first-order valence-corrected chi connectivity index (χ1v) is 10.2. The van der Waals surface area contributed by atoms with Crippen LogP contribution in [0.2, 0.25) is 0 Å². The number of anilines is 1. The molecule has 2 saturated heterocycles. The minimum atomic E-state index is -0.743. The lowest BCUT2D eigenvalue weighted by atomic mass is 9.96. The van der Waals surface area contributed by atoms with Crippen LogP contribution in [-0.4, -0.2) is 43.0 Å². The molecule has 7 heteroatoms. The lowest BCUT2D eigenvalue weighted by Crippen LogP contribution is -2.43. The first-order valence-electron chi connectivity index (χ1n) is 10.2. The Morgan fingerprint density at radius 3 is 2.37 bits per heavy atom. The molecule has 0 aromatic heterocycles. The molecule has 2 aromatic carbocycles. The largest absolute Gasteiger partial charge is 0.493 e. The number of benzene rings is 2. The van der Waals surface area contributed by atoms with Gasteiger partial charge in [-0.1, -0.05) is 18.2 Å². The summed E-state index contributed by atoms with van der Waals surface area (Å²) in [5, 5.41) is 0. The Hall–Kier alpha value is -2.96. The molecule has 1 atom stereocenters. The van der Waals surface area contributed by atoms with Crippen LogP contribution in [0.1, 0.15) is 19.3 Å². The van der Waals surface area contributed by atoms with Crippen LogP contribution < -0.4 is 9.64 Å². The van der Waals surface area contributed by atoms with Gasteiger partial charge in [0.1, 0.15) is 17.4 Å². The van der Waals surface area contributed by atoms with Gasteiger partial charge in [0.25, 0.3) is 0 Å². The number of amides is 2. The minimum Gasteiger partial charge on any atom is -0.493 e. The van der Waals surface area contributed by atoms with Gasteiger partial charge in [-0.05, 0) is 43.0 Å². The van der Waals surface area contributed by atoms with Gasteiger partial charge in [0.15, 0.2) is 0 Å². The second-order valence-electron chi connectivity index (χ2n) is 7.93. The second-order valence-corrected chi connectivity index (χ2v) is 7.93. The summed E-state index contributed by atoms with van der Waals surface area (Å²) in [7, 11) is 0. The Balaban J connectivity index is 1.29. The Kier molecular flexibility index (Phi) is 5.97. The zero-order valence-electron chi connectivity index (χ0n) is 16.6. The van der Waals surface area contributed by atoms with Gasteiger partial charge in [-0.25, -0.2) is 8.78 Å². The number of piperidine rings is 1. The maximum atomic E-state index is 13.5. The molecule has 2 aliphatic rings. The van der Waals surface area contributed by atoms with E-state index in [4.69, 9.17) is 4.74 Å². The van der Waals surface area contributed by atoms with E-state index < -0.39 is 17.6 Å².